The van der Waals surface area contributed by atoms with Crippen LogP contribution < -0.4 is 10.6 Å². The largest absolute Gasteiger partial charge is 0.341 e. The number of rotatable bonds is 4. The van der Waals surface area contributed by atoms with Crippen LogP contribution in [-0.4, -0.2) is 28.4 Å². The zero-order chi connectivity index (χ0) is 21.3. The topological polar surface area (TPSA) is 99.2 Å². The number of H-pyrrole nitrogens is 1. The summed E-state index contributed by atoms with van der Waals surface area (Å²) in [6.45, 7) is 3.81. The molecule has 1 aliphatic rings. The van der Waals surface area contributed by atoms with Gasteiger partial charge in [0.2, 0.25) is 5.91 Å². The molecule has 2 aromatic carbocycles. The Morgan fingerprint density at radius 2 is 1.87 bits per heavy atom. The van der Waals surface area contributed by atoms with Gasteiger partial charge in [0.05, 0.1) is 17.7 Å². The van der Waals surface area contributed by atoms with Gasteiger partial charge in [-0.15, -0.1) is 0 Å². The SMILES string of the molecule is Cc1cc(-c2ccc(C)c(NC(=O)C3C=NC(=O)N[C@@H]3c3ccc(F)cc3)c2)n[nH]1. The monoisotopic (exact) mass is 405 g/mol. The number of carbonyl (C=O) groups excluding carboxylic acids is 2. The average molecular weight is 405 g/mol. The van der Waals surface area contributed by atoms with Crippen LogP contribution in [0.25, 0.3) is 11.3 Å². The van der Waals surface area contributed by atoms with E-state index in [0.717, 1.165) is 22.5 Å². The summed E-state index contributed by atoms with van der Waals surface area (Å²) < 4.78 is 13.3. The van der Waals surface area contributed by atoms with E-state index < -0.39 is 23.8 Å². The first-order valence-corrected chi connectivity index (χ1v) is 9.45. The second kappa shape index (κ2) is 7.90. The van der Waals surface area contributed by atoms with Crippen LogP contribution in [0.15, 0.2) is 53.5 Å². The summed E-state index contributed by atoms with van der Waals surface area (Å²) in [7, 11) is 0. The summed E-state index contributed by atoms with van der Waals surface area (Å²) in [6.07, 6.45) is 1.33. The van der Waals surface area contributed by atoms with Crippen molar-refractivity contribution in [3.05, 3.63) is 71.2 Å². The number of aliphatic imine (C=N–C) groups is 1. The minimum Gasteiger partial charge on any atom is -0.328 e. The number of aromatic nitrogens is 2. The predicted molar refractivity (Wildman–Crippen MR) is 112 cm³/mol. The van der Waals surface area contributed by atoms with Crippen LogP contribution >= 0.6 is 0 Å². The van der Waals surface area contributed by atoms with Crippen LogP contribution in [0, 0.1) is 25.6 Å². The van der Waals surface area contributed by atoms with E-state index in [-0.39, 0.29) is 5.91 Å². The molecule has 2 atom stereocenters. The molecule has 0 aliphatic carbocycles. The fourth-order valence-electron chi connectivity index (χ4n) is 3.37. The number of anilines is 1. The third kappa shape index (κ3) is 3.98. The first kappa shape index (κ1) is 19.5. The van der Waals surface area contributed by atoms with Crippen LogP contribution in [0.3, 0.4) is 0 Å². The van der Waals surface area contributed by atoms with Crippen molar-refractivity contribution in [2.24, 2.45) is 10.9 Å². The van der Waals surface area contributed by atoms with Crippen LogP contribution in [0.5, 0.6) is 0 Å². The molecule has 0 spiro atoms. The van der Waals surface area contributed by atoms with E-state index in [4.69, 9.17) is 0 Å². The lowest BCUT2D eigenvalue weighted by molar-refractivity contribution is -0.118. The van der Waals surface area contributed by atoms with Crippen molar-refractivity contribution < 1.29 is 14.0 Å². The van der Waals surface area contributed by atoms with Crippen molar-refractivity contribution in [3.63, 3.8) is 0 Å². The van der Waals surface area contributed by atoms with Gasteiger partial charge in [0.25, 0.3) is 0 Å². The molecule has 2 heterocycles. The second-order valence-electron chi connectivity index (χ2n) is 7.24. The maximum atomic E-state index is 13.3. The molecular formula is C22H20FN5O2. The average Bonchev–Trinajstić information content (AvgIpc) is 3.16. The molecule has 30 heavy (non-hydrogen) atoms. The Kier molecular flexibility index (Phi) is 5.14. The van der Waals surface area contributed by atoms with E-state index in [2.05, 4.69) is 25.8 Å². The van der Waals surface area contributed by atoms with Gasteiger partial charge in [0.15, 0.2) is 0 Å². The van der Waals surface area contributed by atoms with Crippen LogP contribution in [0.1, 0.15) is 22.9 Å². The second-order valence-corrected chi connectivity index (χ2v) is 7.24. The molecule has 0 saturated heterocycles. The highest BCUT2D eigenvalue weighted by atomic mass is 19.1. The lowest BCUT2D eigenvalue weighted by Gasteiger charge is -2.27. The molecule has 3 aromatic rings. The standard InChI is InChI=1S/C22H20FN5O2/c1-12-3-4-15(19-9-13(2)27-28-19)10-18(12)25-21(29)17-11-24-22(30)26-20(17)14-5-7-16(23)8-6-14/h3-11,17,20H,1-2H3,(H,25,29)(H,26,30)(H,27,28)/t17?,20-/m1/s1. The van der Waals surface area contributed by atoms with Crippen molar-refractivity contribution in [3.8, 4) is 11.3 Å². The smallest absolute Gasteiger partial charge is 0.328 e. The molecule has 152 valence electrons. The number of hydrogen-bond donors (Lipinski definition) is 3. The minimum atomic E-state index is -0.746. The third-order valence-corrected chi connectivity index (χ3v) is 5.02. The lowest BCUT2D eigenvalue weighted by atomic mass is 9.91. The number of carbonyl (C=O) groups is 2. The Bertz CT molecular complexity index is 1140. The third-order valence-electron chi connectivity index (χ3n) is 5.02. The highest BCUT2D eigenvalue weighted by Gasteiger charge is 2.33. The van der Waals surface area contributed by atoms with Crippen molar-refractivity contribution in [2.75, 3.05) is 5.32 Å². The summed E-state index contributed by atoms with van der Waals surface area (Å²) in [5, 5.41) is 12.8. The van der Waals surface area contributed by atoms with E-state index in [1.165, 1.54) is 18.3 Å². The Morgan fingerprint density at radius 3 is 2.57 bits per heavy atom. The number of urea groups is 1. The fourth-order valence-corrected chi connectivity index (χ4v) is 3.37. The van der Waals surface area contributed by atoms with Gasteiger partial charge >= 0.3 is 6.03 Å². The Balaban J connectivity index is 1.61. The van der Waals surface area contributed by atoms with Gasteiger partial charge < -0.3 is 10.6 Å². The minimum absolute atomic E-state index is 0.327. The molecule has 0 radical (unpaired) electrons. The molecule has 1 unspecified atom stereocenters. The summed E-state index contributed by atoms with van der Waals surface area (Å²) in [6, 6.07) is 12.1. The fraction of sp³-hybridized carbons (Fsp3) is 0.182. The van der Waals surface area contributed by atoms with Crippen molar-refractivity contribution >= 4 is 23.8 Å². The van der Waals surface area contributed by atoms with Crippen LogP contribution in [-0.2, 0) is 4.79 Å². The summed E-state index contributed by atoms with van der Waals surface area (Å²) in [4.78, 5) is 28.6. The first-order chi connectivity index (χ1) is 14.4. The van der Waals surface area contributed by atoms with Gasteiger partial charge in [-0.2, -0.15) is 5.10 Å². The van der Waals surface area contributed by atoms with Gasteiger partial charge in [-0.1, -0.05) is 24.3 Å². The van der Waals surface area contributed by atoms with Gasteiger partial charge in [-0.05, 0) is 49.2 Å². The van der Waals surface area contributed by atoms with Crippen molar-refractivity contribution in [2.45, 2.75) is 19.9 Å². The first-order valence-electron chi connectivity index (χ1n) is 9.45. The quantitative estimate of drug-likeness (QED) is 0.613. The molecule has 8 heteroatoms. The molecule has 4 rings (SSSR count). The summed E-state index contributed by atoms with van der Waals surface area (Å²) >= 11 is 0. The Labute approximate surface area is 172 Å². The van der Waals surface area contributed by atoms with E-state index in [1.54, 1.807) is 12.1 Å². The van der Waals surface area contributed by atoms with E-state index >= 15 is 0 Å². The van der Waals surface area contributed by atoms with E-state index in [0.29, 0.717) is 11.3 Å². The van der Waals surface area contributed by atoms with Crippen molar-refractivity contribution in [1.29, 1.82) is 0 Å². The molecule has 1 aliphatic heterocycles. The number of hydrogen-bond acceptors (Lipinski definition) is 3. The van der Waals surface area contributed by atoms with Gasteiger partial charge in [0.1, 0.15) is 5.82 Å². The lowest BCUT2D eigenvalue weighted by Crippen LogP contribution is -2.42. The number of benzene rings is 2. The zero-order valence-corrected chi connectivity index (χ0v) is 16.4. The molecule has 0 fully saturated rings. The number of nitrogens with one attached hydrogen (secondary N) is 3. The zero-order valence-electron chi connectivity index (χ0n) is 16.4. The molecule has 0 saturated carbocycles. The van der Waals surface area contributed by atoms with E-state index in [9.17, 15) is 14.0 Å². The number of aryl methyl sites for hydroxylation is 2. The molecule has 0 bridgehead atoms. The Morgan fingerprint density at radius 1 is 1.10 bits per heavy atom. The highest BCUT2D eigenvalue weighted by Crippen LogP contribution is 2.28. The molecule has 1 aromatic heterocycles. The predicted octanol–water partition coefficient (Wildman–Crippen LogP) is 3.92. The number of aromatic amines is 1. The number of amides is 3. The number of nitrogens with zero attached hydrogens (tertiary/aromatic N) is 2. The van der Waals surface area contributed by atoms with E-state index in [1.807, 2.05) is 38.1 Å². The van der Waals surface area contributed by atoms with Crippen molar-refractivity contribution in [1.82, 2.24) is 15.5 Å². The van der Waals surface area contributed by atoms with Gasteiger partial charge in [-0.25, -0.2) is 14.2 Å². The Hall–Kier alpha value is -3.81. The summed E-state index contributed by atoms with van der Waals surface area (Å²) in [5.74, 6) is -1.47. The maximum absolute atomic E-state index is 13.3. The van der Waals surface area contributed by atoms with Gasteiger partial charge in [-0.3, -0.25) is 9.89 Å². The molecular weight excluding hydrogens is 385 g/mol. The molecule has 3 N–H and O–H groups in total. The molecule has 3 amide bonds. The number of halogens is 1. The normalized spacial score (nSPS) is 18.2. The summed E-state index contributed by atoms with van der Waals surface area (Å²) in [5.41, 5.74) is 4.72. The highest BCUT2D eigenvalue weighted by molar-refractivity contribution is 6.06. The van der Waals surface area contributed by atoms with Gasteiger partial charge in [0, 0.05) is 23.2 Å². The molecule has 7 nitrogen and oxygen atoms in total. The van der Waals surface area contributed by atoms with Crippen LogP contribution in [0.2, 0.25) is 0 Å². The van der Waals surface area contributed by atoms with Crippen LogP contribution in [0.4, 0.5) is 14.9 Å². The maximum Gasteiger partial charge on any atom is 0.341 e.